The molecular weight excluding hydrogens is 286 g/mol. The zero-order valence-corrected chi connectivity index (χ0v) is 13.3. The third-order valence-electron chi connectivity index (χ3n) is 4.36. The molecule has 3 rings (SSSR count). The predicted octanol–water partition coefficient (Wildman–Crippen LogP) is 1.88. The van der Waals surface area contributed by atoms with E-state index in [1.54, 1.807) is 0 Å². The van der Waals surface area contributed by atoms with E-state index in [2.05, 4.69) is 53.4 Å². The Morgan fingerprint density at radius 2 is 1.48 bits per heavy atom. The molecule has 0 radical (unpaired) electrons. The lowest BCUT2D eigenvalue weighted by atomic mass is 10.0. The minimum atomic E-state index is 0.0443. The van der Waals surface area contributed by atoms with E-state index in [0.717, 1.165) is 32.6 Å². The van der Waals surface area contributed by atoms with E-state index in [0.29, 0.717) is 0 Å². The molecule has 0 atom stereocenters. The third kappa shape index (κ3) is 3.90. The molecule has 4 nitrogen and oxygen atoms in total. The summed E-state index contributed by atoms with van der Waals surface area (Å²) >= 11 is 0. The Hall–Kier alpha value is -2.33. The Labute approximate surface area is 137 Å². The summed E-state index contributed by atoms with van der Waals surface area (Å²) in [6.07, 6.45) is 0.958. The van der Waals surface area contributed by atoms with Gasteiger partial charge in [-0.2, -0.15) is 0 Å². The molecule has 4 heteroatoms. The van der Waals surface area contributed by atoms with Gasteiger partial charge in [-0.05, 0) is 29.7 Å². The van der Waals surface area contributed by atoms with Gasteiger partial charge in [0, 0.05) is 31.9 Å². The zero-order valence-electron chi connectivity index (χ0n) is 13.3. The number of hydrogen-bond acceptors (Lipinski definition) is 3. The van der Waals surface area contributed by atoms with Gasteiger partial charge in [-0.3, -0.25) is 4.79 Å². The molecule has 1 saturated heterocycles. The van der Waals surface area contributed by atoms with Crippen molar-refractivity contribution in [2.45, 2.75) is 6.42 Å². The first-order chi connectivity index (χ1) is 11.3. The Morgan fingerprint density at radius 1 is 0.870 bits per heavy atom. The van der Waals surface area contributed by atoms with Crippen molar-refractivity contribution in [2.24, 2.45) is 5.73 Å². The molecule has 0 unspecified atom stereocenters. The van der Waals surface area contributed by atoms with E-state index in [1.165, 1.54) is 16.8 Å². The molecule has 0 saturated carbocycles. The average Bonchev–Trinajstić information content (AvgIpc) is 2.63. The average molecular weight is 309 g/mol. The first-order valence-corrected chi connectivity index (χ1v) is 8.12. The van der Waals surface area contributed by atoms with Gasteiger partial charge in [0.25, 0.3) is 0 Å². The van der Waals surface area contributed by atoms with Crippen molar-refractivity contribution in [2.75, 3.05) is 37.6 Å². The van der Waals surface area contributed by atoms with Crippen molar-refractivity contribution in [3.05, 3.63) is 65.7 Å². The number of benzene rings is 2. The number of hydrogen-bond donors (Lipinski definition) is 1. The number of amides is 1. The molecule has 2 aromatic rings. The molecule has 1 heterocycles. The molecule has 0 spiro atoms. The lowest BCUT2D eigenvalue weighted by Gasteiger charge is -2.36. The van der Waals surface area contributed by atoms with Gasteiger partial charge in [0.1, 0.15) is 0 Å². The molecule has 0 bridgehead atoms. The smallest absolute Gasteiger partial charge is 0.236 e. The van der Waals surface area contributed by atoms with Crippen molar-refractivity contribution in [3.63, 3.8) is 0 Å². The normalized spacial score (nSPS) is 14.8. The van der Waals surface area contributed by atoms with E-state index in [4.69, 9.17) is 5.73 Å². The zero-order chi connectivity index (χ0) is 16.1. The third-order valence-corrected chi connectivity index (χ3v) is 4.36. The molecule has 0 aromatic heterocycles. The van der Waals surface area contributed by atoms with E-state index < -0.39 is 0 Å². The minimum Gasteiger partial charge on any atom is -0.368 e. The molecule has 1 aliphatic heterocycles. The second kappa shape index (κ2) is 7.29. The van der Waals surface area contributed by atoms with E-state index in [9.17, 15) is 4.79 Å². The quantitative estimate of drug-likeness (QED) is 0.938. The van der Waals surface area contributed by atoms with Crippen LogP contribution in [0.1, 0.15) is 11.1 Å². The number of piperazine rings is 1. The Balaban J connectivity index is 1.59. The van der Waals surface area contributed by atoms with Crippen molar-refractivity contribution in [1.29, 1.82) is 0 Å². The number of nitrogens with two attached hydrogens (primary N) is 1. The lowest BCUT2D eigenvalue weighted by molar-refractivity contribution is -0.129. The Morgan fingerprint density at radius 3 is 2.09 bits per heavy atom. The van der Waals surface area contributed by atoms with E-state index in [-0.39, 0.29) is 12.5 Å². The van der Waals surface area contributed by atoms with Crippen molar-refractivity contribution >= 4 is 11.6 Å². The van der Waals surface area contributed by atoms with Crippen LogP contribution >= 0.6 is 0 Å². The van der Waals surface area contributed by atoms with Gasteiger partial charge >= 0.3 is 0 Å². The fourth-order valence-electron chi connectivity index (χ4n) is 3.00. The molecule has 2 aromatic carbocycles. The Kier molecular flexibility index (Phi) is 4.93. The van der Waals surface area contributed by atoms with Crippen LogP contribution < -0.4 is 10.6 Å². The highest BCUT2D eigenvalue weighted by Crippen LogP contribution is 2.19. The van der Waals surface area contributed by atoms with Crippen LogP contribution in [0.25, 0.3) is 0 Å². The van der Waals surface area contributed by atoms with Crippen LogP contribution in [0.3, 0.4) is 0 Å². The van der Waals surface area contributed by atoms with E-state index in [1.807, 2.05) is 11.0 Å². The first kappa shape index (κ1) is 15.6. The van der Waals surface area contributed by atoms with Gasteiger partial charge in [0.05, 0.1) is 6.54 Å². The van der Waals surface area contributed by atoms with Gasteiger partial charge in [-0.15, -0.1) is 0 Å². The van der Waals surface area contributed by atoms with Gasteiger partial charge in [-0.25, -0.2) is 0 Å². The van der Waals surface area contributed by atoms with Crippen LogP contribution in [-0.2, 0) is 11.2 Å². The molecule has 1 aliphatic rings. The number of nitrogens with zero attached hydrogens (tertiary/aromatic N) is 2. The van der Waals surface area contributed by atoms with Crippen molar-refractivity contribution < 1.29 is 4.79 Å². The molecule has 1 amide bonds. The summed E-state index contributed by atoms with van der Waals surface area (Å²) in [5, 5.41) is 0. The SMILES string of the molecule is NCC(=O)N1CCN(c2ccc(Cc3ccccc3)cc2)CC1. The van der Waals surface area contributed by atoms with Crippen LogP contribution in [0.15, 0.2) is 54.6 Å². The summed E-state index contributed by atoms with van der Waals surface area (Å²) in [4.78, 5) is 15.8. The highest BCUT2D eigenvalue weighted by Gasteiger charge is 2.20. The summed E-state index contributed by atoms with van der Waals surface area (Å²) in [5.41, 5.74) is 9.29. The summed E-state index contributed by atoms with van der Waals surface area (Å²) in [7, 11) is 0. The minimum absolute atomic E-state index is 0.0443. The Bertz CT molecular complexity index is 631. The van der Waals surface area contributed by atoms with Crippen molar-refractivity contribution in [3.8, 4) is 0 Å². The summed E-state index contributed by atoms with van der Waals surface area (Å²) < 4.78 is 0. The van der Waals surface area contributed by atoms with Crippen LogP contribution in [-0.4, -0.2) is 43.5 Å². The van der Waals surface area contributed by atoms with Crippen LogP contribution in [0.4, 0.5) is 5.69 Å². The second-order valence-corrected chi connectivity index (χ2v) is 5.90. The van der Waals surface area contributed by atoms with Crippen molar-refractivity contribution in [1.82, 2.24) is 4.90 Å². The topological polar surface area (TPSA) is 49.6 Å². The summed E-state index contributed by atoms with van der Waals surface area (Å²) in [6, 6.07) is 19.2. The highest BCUT2D eigenvalue weighted by molar-refractivity contribution is 5.78. The lowest BCUT2D eigenvalue weighted by Crippen LogP contribution is -2.50. The molecule has 23 heavy (non-hydrogen) atoms. The standard InChI is InChI=1S/C19H23N3O/c20-15-19(23)22-12-10-21(11-13-22)18-8-6-17(7-9-18)14-16-4-2-1-3-5-16/h1-9H,10-15,20H2. The number of carbonyl (C=O) groups is 1. The number of anilines is 1. The predicted molar refractivity (Wildman–Crippen MR) is 93.5 cm³/mol. The van der Waals surface area contributed by atoms with Gasteiger partial charge < -0.3 is 15.5 Å². The highest BCUT2D eigenvalue weighted by atomic mass is 16.2. The summed E-state index contributed by atoms with van der Waals surface area (Å²) in [5.74, 6) is 0.0443. The maximum atomic E-state index is 11.6. The molecule has 0 aliphatic carbocycles. The fraction of sp³-hybridized carbons (Fsp3) is 0.316. The monoisotopic (exact) mass is 309 g/mol. The van der Waals surface area contributed by atoms with E-state index >= 15 is 0 Å². The maximum absolute atomic E-state index is 11.6. The van der Waals surface area contributed by atoms with Gasteiger partial charge in [0.2, 0.25) is 5.91 Å². The first-order valence-electron chi connectivity index (χ1n) is 8.12. The second-order valence-electron chi connectivity index (χ2n) is 5.90. The maximum Gasteiger partial charge on any atom is 0.236 e. The van der Waals surface area contributed by atoms with Crippen LogP contribution in [0, 0.1) is 0 Å². The van der Waals surface area contributed by atoms with Crippen LogP contribution in [0.5, 0.6) is 0 Å². The fourth-order valence-corrected chi connectivity index (χ4v) is 3.00. The molecule has 2 N–H and O–H groups in total. The molecular formula is C19H23N3O. The molecule has 120 valence electrons. The van der Waals surface area contributed by atoms with Gasteiger partial charge in [0.15, 0.2) is 0 Å². The number of carbonyl (C=O) groups excluding carboxylic acids is 1. The largest absolute Gasteiger partial charge is 0.368 e. The van der Waals surface area contributed by atoms with Crippen LogP contribution in [0.2, 0.25) is 0 Å². The number of rotatable bonds is 4. The summed E-state index contributed by atoms with van der Waals surface area (Å²) in [6.45, 7) is 3.34. The van der Waals surface area contributed by atoms with Gasteiger partial charge in [-0.1, -0.05) is 42.5 Å². The molecule has 1 fully saturated rings.